The molecule has 29 heavy (non-hydrogen) atoms. The first-order valence-corrected chi connectivity index (χ1v) is 12.5. The summed E-state index contributed by atoms with van der Waals surface area (Å²) in [4.78, 5) is 12.6. The Hall–Kier alpha value is -2.14. The first-order chi connectivity index (χ1) is 13.6. The minimum absolute atomic E-state index is 0.0788. The van der Waals surface area contributed by atoms with Crippen LogP contribution in [-0.2, 0) is 20.0 Å². The molecule has 0 radical (unpaired) electrons. The molecule has 8 nitrogen and oxygen atoms in total. The number of halogens is 1. The number of nitrogens with one attached hydrogen (secondary N) is 2. The monoisotopic (exact) mass is 457 g/mol. The zero-order valence-electron chi connectivity index (χ0n) is 15.6. The molecule has 0 spiro atoms. The van der Waals surface area contributed by atoms with Crippen molar-refractivity contribution in [2.24, 2.45) is 0 Å². The molecule has 2 N–H and O–H groups in total. The van der Waals surface area contributed by atoms with Crippen molar-refractivity contribution in [3.05, 3.63) is 53.1 Å². The van der Waals surface area contributed by atoms with Gasteiger partial charge in [-0.2, -0.15) is 4.31 Å². The largest absolute Gasteiger partial charge is 0.322 e. The minimum Gasteiger partial charge on any atom is -0.322 e. The molecule has 1 saturated heterocycles. The number of amides is 1. The van der Waals surface area contributed by atoms with Crippen molar-refractivity contribution < 1.29 is 21.6 Å². The molecule has 1 aliphatic heterocycles. The van der Waals surface area contributed by atoms with Crippen LogP contribution in [0.1, 0.15) is 23.2 Å². The summed E-state index contributed by atoms with van der Waals surface area (Å²) in [5.74, 6) is -0.465. The first kappa shape index (κ1) is 21.6. The summed E-state index contributed by atoms with van der Waals surface area (Å²) >= 11 is 6.04. The Kier molecular flexibility index (Phi) is 6.18. The van der Waals surface area contributed by atoms with Crippen LogP contribution in [0.25, 0.3) is 0 Å². The van der Waals surface area contributed by atoms with Crippen LogP contribution in [0.3, 0.4) is 0 Å². The van der Waals surface area contributed by atoms with E-state index >= 15 is 0 Å². The normalized spacial score (nSPS) is 15.2. The van der Waals surface area contributed by atoms with Gasteiger partial charge in [-0.1, -0.05) is 11.6 Å². The van der Waals surface area contributed by atoms with Gasteiger partial charge in [0.2, 0.25) is 20.0 Å². The van der Waals surface area contributed by atoms with Gasteiger partial charge >= 0.3 is 0 Å². The van der Waals surface area contributed by atoms with E-state index in [4.69, 9.17) is 11.6 Å². The highest BCUT2D eigenvalue weighted by atomic mass is 35.5. The molecule has 0 atom stereocenters. The molecule has 0 aromatic heterocycles. The molecule has 2 aromatic rings. The summed E-state index contributed by atoms with van der Waals surface area (Å²) in [6.07, 6.45) is 2.71. The van der Waals surface area contributed by atoms with Gasteiger partial charge in [0.15, 0.2) is 0 Å². The molecule has 0 bridgehead atoms. The number of rotatable bonds is 6. The summed E-state index contributed by atoms with van der Waals surface area (Å²) in [5.41, 5.74) is 0.815. The van der Waals surface area contributed by atoms with E-state index in [2.05, 4.69) is 10.0 Å². The summed E-state index contributed by atoms with van der Waals surface area (Å²) in [6, 6.07) is 10.1. The van der Waals surface area contributed by atoms with Crippen molar-refractivity contribution in [2.75, 3.05) is 29.4 Å². The van der Waals surface area contributed by atoms with Gasteiger partial charge < -0.3 is 5.32 Å². The highest BCUT2D eigenvalue weighted by molar-refractivity contribution is 7.92. The third-order valence-electron chi connectivity index (χ3n) is 4.34. The van der Waals surface area contributed by atoms with Crippen LogP contribution in [0.2, 0.25) is 5.02 Å². The topological polar surface area (TPSA) is 113 Å². The number of carbonyl (C=O) groups is 1. The molecule has 1 heterocycles. The molecular formula is C18H20ClN3O5S2. The van der Waals surface area contributed by atoms with Crippen LogP contribution in [0.4, 0.5) is 11.4 Å². The fourth-order valence-electron chi connectivity index (χ4n) is 2.93. The molecule has 156 valence electrons. The standard InChI is InChI=1S/C18H20ClN3O5S2/c1-28(24,25)21-17-9-4-13(12-16(17)19)18(23)20-14-5-7-15(8-6-14)29(26,27)22-10-2-3-11-22/h4-9,12,21H,2-3,10-11H2,1H3,(H,20,23). The summed E-state index contributed by atoms with van der Waals surface area (Å²) in [5, 5.41) is 2.74. The van der Waals surface area contributed by atoms with Crippen LogP contribution in [0, 0.1) is 0 Å². The van der Waals surface area contributed by atoms with Crippen molar-refractivity contribution >= 4 is 48.9 Å². The van der Waals surface area contributed by atoms with E-state index in [1.165, 1.54) is 46.8 Å². The first-order valence-electron chi connectivity index (χ1n) is 8.75. The quantitative estimate of drug-likeness (QED) is 0.692. The Morgan fingerprint density at radius 2 is 1.62 bits per heavy atom. The fraction of sp³-hybridized carbons (Fsp3) is 0.278. The molecule has 3 rings (SSSR count). The second-order valence-corrected chi connectivity index (χ2v) is 10.8. The number of carbonyl (C=O) groups excluding carboxylic acids is 1. The van der Waals surface area contributed by atoms with Gasteiger partial charge in [-0.3, -0.25) is 9.52 Å². The van der Waals surface area contributed by atoms with Gasteiger partial charge in [0.25, 0.3) is 5.91 Å². The Morgan fingerprint density at radius 3 is 2.17 bits per heavy atom. The average Bonchev–Trinajstić information content (AvgIpc) is 3.18. The van der Waals surface area contributed by atoms with Crippen molar-refractivity contribution in [1.82, 2.24) is 4.31 Å². The van der Waals surface area contributed by atoms with E-state index in [-0.39, 0.29) is 21.2 Å². The molecule has 1 fully saturated rings. The smallest absolute Gasteiger partial charge is 0.255 e. The van der Waals surface area contributed by atoms with Crippen LogP contribution in [0.5, 0.6) is 0 Å². The van der Waals surface area contributed by atoms with Gasteiger partial charge in [-0.25, -0.2) is 16.8 Å². The summed E-state index contributed by atoms with van der Waals surface area (Å²) in [7, 11) is -7.01. The minimum atomic E-state index is -3.51. The number of anilines is 2. The predicted molar refractivity (Wildman–Crippen MR) is 112 cm³/mol. The van der Waals surface area contributed by atoms with Crippen LogP contribution in [-0.4, -0.2) is 46.4 Å². The lowest BCUT2D eigenvalue weighted by molar-refractivity contribution is 0.102. The molecule has 1 aliphatic rings. The maximum absolute atomic E-state index is 12.5. The second-order valence-electron chi connectivity index (χ2n) is 6.66. The molecule has 1 amide bonds. The summed E-state index contributed by atoms with van der Waals surface area (Å²) < 4.78 is 51.4. The molecule has 0 aliphatic carbocycles. The maximum Gasteiger partial charge on any atom is 0.255 e. The highest BCUT2D eigenvalue weighted by Crippen LogP contribution is 2.25. The van der Waals surface area contributed by atoms with Crippen LogP contribution < -0.4 is 10.0 Å². The molecular weight excluding hydrogens is 438 g/mol. The average molecular weight is 458 g/mol. The Labute approximate surface area is 175 Å². The number of hydrogen-bond donors (Lipinski definition) is 2. The lowest BCUT2D eigenvalue weighted by atomic mass is 10.2. The Balaban J connectivity index is 1.72. The van der Waals surface area contributed by atoms with Gasteiger partial charge in [0, 0.05) is 24.3 Å². The zero-order chi connectivity index (χ0) is 21.2. The van der Waals surface area contributed by atoms with E-state index in [1.54, 1.807) is 0 Å². The number of nitrogens with zero attached hydrogens (tertiary/aromatic N) is 1. The Morgan fingerprint density at radius 1 is 1.00 bits per heavy atom. The highest BCUT2D eigenvalue weighted by Gasteiger charge is 2.27. The summed E-state index contributed by atoms with van der Waals surface area (Å²) in [6.45, 7) is 1.04. The van der Waals surface area contributed by atoms with E-state index in [9.17, 15) is 21.6 Å². The van der Waals surface area contributed by atoms with E-state index < -0.39 is 26.0 Å². The van der Waals surface area contributed by atoms with E-state index in [1.807, 2.05) is 0 Å². The third-order valence-corrected chi connectivity index (χ3v) is 7.16. The van der Waals surface area contributed by atoms with Crippen molar-refractivity contribution in [2.45, 2.75) is 17.7 Å². The maximum atomic E-state index is 12.5. The second kappa shape index (κ2) is 8.31. The number of benzene rings is 2. The van der Waals surface area contributed by atoms with Crippen LogP contribution in [0.15, 0.2) is 47.4 Å². The van der Waals surface area contributed by atoms with Crippen molar-refractivity contribution in [1.29, 1.82) is 0 Å². The lowest BCUT2D eigenvalue weighted by Gasteiger charge is -2.15. The zero-order valence-corrected chi connectivity index (χ0v) is 17.9. The number of hydrogen-bond acceptors (Lipinski definition) is 5. The van der Waals surface area contributed by atoms with E-state index in [0.717, 1.165) is 19.1 Å². The van der Waals surface area contributed by atoms with Gasteiger partial charge in [-0.15, -0.1) is 0 Å². The van der Waals surface area contributed by atoms with Gasteiger partial charge in [0.1, 0.15) is 0 Å². The number of sulfonamides is 2. The van der Waals surface area contributed by atoms with Crippen LogP contribution >= 0.6 is 11.6 Å². The molecule has 0 unspecified atom stereocenters. The van der Waals surface area contributed by atoms with E-state index in [0.29, 0.717) is 18.8 Å². The van der Waals surface area contributed by atoms with Crippen molar-refractivity contribution in [3.63, 3.8) is 0 Å². The fourth-order valence-corrected chi connectivity index (χ4v) is 5.31. The predicted octanol–water partition coefficient (Wildman–Crippen LogP) is 2.75. The molecule has 0 saturated carbocycles. The van der Waals surface area contributed by atoms with Gasteiger partial charge in [-0.05, 0) is 55.3 Å². The Bertz CT molecular complexity index is 1130. The lowest BCUT2D eigenvalue weighted by Crippen LogP contribution is -2.27. The molecule has 11 heteroatoms. The van der Waals surface area contributed by atoms with Crippen molar-refractivity contribution in [3.8, 4) is 0 Å². The molecule has 2 aromatic carbocycles. The third kappa shape index (κ3) is 5.27. The SMILES string of the molecule is CS(=O)(=O)Nc1ccc(C(=O)Nc2ccc(S(=O)(=O)N3CCCC3)cc2)cc1Cl. The van der Waals surface area contributed by atoms with Gasteiger partial charge in [0.05, 0.1) is 21.9 Å².